The van der Waals surface area contributed by atoms with E-state index in [4.69, 9.17) is 0 Å². The van der Waals surface area contributed by atoms with Crippen molar-refractivity contribution in [2.45, 2.75) is 26.2 Å². The fourth-order valence-corrected chi connectivity index (χ4v) is 2.36. The average molecular weight is 326 g/mol. The normalized spacial score (nSPS) is 13.9. The summed E-state index contributed by atoms with van der Waals surface area (Å²) in [6.45, 7) is 3.20. The van der Waals surface area contributed by atoms with Crippen LogP contribution >= 0.6 is 0 Å². The topological polar surface area (TPSA) is 91.8 Å². The van der Waals surface area contributed by atoms with Gasteiger partial charge >= 0.3 is 0 Å². The summed E-state index contributed by atoms with van der Waals surface area (Å²) in [5, 5.41) is 17.4. The van der Waals surface area contributed by atoms with Crippen LogP contribution in [0.4, 0.5) is 17.5 Å². The van der Waals surface area contributed by atoms with Gasteiger partial charge in [-0.3, -0.25) is 4.79 Å². The van der Waals surface area contributed by atoms with E-state index in [1.807, 2.05) is 31.2 Å². The van der Waals surface area contributed by atoms with E-state index in [2.05, 4.69) is 31.1 Å². The lowest BCUT2D eigenvalue weighted by Gasteiger charge is -2.24. The van der Waals surface area contributed by atoms with Crippen LogP contribution in [0.2, 0.25) is 0 Å². The number of pyridine rings is 1. The Kier molecular flexibility index (Phi) is 5.20. The van der Waals surface area contributed by atoms with Crippen LogP contribution in [0.1, 0.15) is 24.8 Å². The lowest BCUT2D eigenvalue weighted by atomic mass is 9.85. The van der Waals surface area contributed by atoms with E-state index in [1.165, 1.54) is 6.42 Å². The average Bonchev–Trinajstić information content (AvgIpc) is 2.54. The molecule has 24 heavy (non-hydrogen) atoms. The molecule has 7 nitrogen and oxygen atoms in total. The van der Waals surface area contributed by atoms with Gasteiger partial charge < -0.3 is 16.0 Å². The van der Waals surface area contributed by atoms with Crippen LogP contribution in [0.15, 0.2) is 30.5 Å². The Bertz CT molecular complexity index is 666. The minimum atomic E-state index is 0.166. The largest absolute Gasteiger partial charge is 0.367 e. The molecule has 2 heterocycles. The second-order valence-electron chi connectivity index (χ2n) is 6.00. The first kappa shape index (κ1) is 16.2. The summed E-state index contributed by atoms with van der Waals surface area (Å²) in [5.41, 5.74) is 1.11. The molecule has 0 radical (unpaired) electrons. The summed E-state index contributed by atoms with van der Waals surface area (Å²) < 4.78 is 0. The summed E-state index contributed by atoms with van der Waals surface area (Å²) in [6, 6.07) is 7.56. The Morgan fingerprint density at radius 3 is 2.46 bits per heavy atom. The van der Waals surface area contributed by atoms with Crippen LogP contribution in [0.25, 0.3) is 0 Å². The fourth-order valence-electron chi connectivity index (χ4n) is 2.36. The van der Waals surface area contributed by atoms with Gasteiger partial charge in [0.2, 0.25) is 5.91 Å². The standard InChI is InChI=1S/C17H22N6O/c1-12-5-6-14(20-11-12)21-16-8-7-15(22-23-16)18-9-10-19-17(24)13-3-2-4-13/h5-8,11,13H,2-4,9-10H2,1H3,(H,18,22)(H,19,24)(H,20,21,23). The van der Waals surface area contributed by atoms with Gasteiger partial charge in [-0.1, -0.05) is 12.5 Å². The summed E-state index contributed by atoms with van der Waals surface area (Å²) in [5.74, 6) is 2.43. The van der Waals surface area contributed by atoms with Crippen molar-refractivity contribution >= 4 is 23.4 Å². The lowest BCUT2D eigenvalue weighted by molar-refractivity contribution is -0.127. The zero-order valence-electron chi connectivity index (χ0n) is 13.7. The molecule has 0 aliphatic heterocycles. The number of anilines is 3. The highest BCUT2D eigenvalue weighted by molar-refractivity contribution is 5.79. The number of nitrogens with one attached hydrogen (secondary N) is 3. The summed E-state index contributed by atoms with van der Waals surface area (Å²) in [6.07, 6.45) is 5.01. The highest BCUT2D eigenvalue weighted by atomic mass is 16.1. The first-order chi connectivity index (χ1) is 11.7. The van der Waals surface area contributed by atoms with Gasteiger partial charge in [0.05, 0.1) is 0 Å². The Hall–Kier alpha value is -2.70. The zero-order valence-corrected chi connectivity index (χ0v) is 13.7. The maximum atomic E-state index is 11.7. The van der Waals surface area contributed by atoms with Gasteiger partial charge in [0.25, 0.3) is 0 Å². The molecule has 0 saturated heterocycles. The van der Waals surface area contributed by atoms with E-state index in [9.17, 15) is 4.79 Å². The molecule has 1 aliphatic rings. The SMILES string of the molecule is Cc1ccc(Nc2ccc(NCCNC(=O)C3CCC3)nn2)nc1. The molecule has 2 aromatic heterocycles. The van der Waals surface area contributed by atoms with Gasteiger partial charge in [0, 0.05) is 25.2 Å². The van der Waals surface area contributed by atoms with Crippen LogP contribution < -0.4 is 16.0 Å². The molecule has 1 aliphatic carbocycles. The third-order valence-corrected chi connectivity index (χ3v) is 4.04. The predicted octanol–water partition coefficient (Wildman–Crippen LogP) is 2.25. The Morgan fingerprint density at radius 2 is 1.83 bits per heavy atom. The highest BCUT2D eigenvalue weighted by Crippen LogP contribution is 2.25. The van der Waals surface area contributed by atoms with Gasteiger partial charge in [-0.2, -0.15) is 0 Å². The van der Waals surface area contributed by atoms with Crippen molar-refractivity contribution in [3.63, 3.8) is 0 Å². The number of aromatic nitrogens is 3. The molecule has 0 atom stereocenters. The van der Waals surface area contributed by atoms with Crippen LogP contribution in [-0.4, -0.2) is 34.2 Å². The van der Waals surface area contributed by atoms with Crippen molar-refractivity contribution < 1.29 is 4.79 Å². The van der Waals surface area contributed by atoms with Gasteiger partial charge in [-0.15, -0.1) is 10.2 Å². The molecule has 1 fully saturated rings. The number of carbonyl (C=O) groups excluding carboxylic acids is 1. The van der Waals surface area contributed by atoms with Gasteiger partial charge in [-0.25, -0.2) is 4.98 Å². The van der Waals surface area contributed by atoms with Crippen LogP contribution in [0.3, 0.4) is 0 Å². The molecule has 1 amide bonds. The number of aryl methyl sites for hydroxylation is 1. The number of carbonyl (C=O) groups is 1. The number of nitrogens with zero attached hydrogens (tertiary/aromatic N) is 3. The van der Waals surface area contributed by atoms with Crippen molar-refractivity contribution in [3.8, 4) is 0 Å². The van der Waals surface area contributed by atoms with E-state index in [1.54, 1.807) is 6.20 Å². The van der Waals surface area contributed by atoms with E-state index >= 15 is 0 Å². The quantitative estimate of drug-likeness (QED) is 0.676. The summed E-state index contributed by atoms with van der Waals surface area (Å²) in [4.78, 5) is 16.0. The molecule has 0 aromatic carbocycles. The third kappa shape index (κ3) is 4.41. The van der Waals surface area contributed by atoms with Crippen molar-refractivity contribution in [3.05, 3.63) is 36.0 Å². The minimum absolute atomic E-state index is 0.166. The van der Waals surface area contributed by atoms with E-state index < -0.39 is 0 Å². The Balaban J connectivity index is 1.41. The van der Waals surface area contributed by atoms with Gasteiger partial charge in [0.1, 0.15) is 11.6 Å². The third-order valence-electron chi connectivity index (χ3n) is 4.04. The number of amides is 1. The molecule has 1 saturated carbocycles. The van der Waals surface area contributed by atoms with E-state index in [0.29, 0.717) is 24.7 Å². The second kappa shape index (κ2) is 7.72. The number of hydrogen-bond donors (Lipinski definition) is 3. The van der Waals surface area contributed by atoms with Crippen molar-refractivity contribution in [1.29, 1.82) is 0 Å². The number of hydrogen-bond acceptors (Lipinski definition) is 6. The van der Waals surface area contributed by atoms with Crippen molar-refractivity contribution in [2.24, 2.45) is 5.92 Å². The maximum absolute atomic E-state index is 11.7. The van der Waals surface area contributed by atoms with E-state index in [0.717, 1.165) is 24.2 Å². The van der Waals surface area contributed by atoms with Gasteiger partial charge in [-0.05, 0) is 43.5 Å². The van der Waals surface area contributed by atoms with E-state index in [-0.39, 0.29) is 11.8 Å². The predicted molar refractivity (Wildman–Crippen MR) is 93.1 cm³/mol. The van der Waals surface area contributed by atoms with Gasteiger partial charge in [0.15, 0.2) is 5.82 Å². The zero-order chi connectivity index (χ0) is 16.8. The molecule has 0 spiro atoms. The highest BCUT2D eigenvalue weighted by Gasteiger charge is 2.24. The fraction of sp³-hybridized carbons (Fsp3) is 0.412. The molecule has 7 heteroatoms. The second-order valence-corrected chi connectivity index (χ2v) is 6.00. The molecule has 3 N–H and O–H groups in total. The summed E-state index contributed by atoms with van der Waals surface area (Å²) >= 11 is 0. The molecule has 126 valence electrons. The molecule has 0 bridgehead atoms. The smallest absolute Gasteiger partial charge is 0.223 e. The molecular formula is C17H22N6O. The monoisotopic (exact) mass is 326 g/mol. The first-order valence-electron chi connectivity index (χ1n) is 8.26. The van der Waals surface area contributed by atoms with Crippen LogP contribution in [-0.2, 0) is 4.79 Å². The minimum Gasteiger partial charge on any atom is -0.367 e. The first-order valence-corrected chi connectivity index (χ1v) is 8.26. The lowest BCUT2D eigenvalue weighted by Crippen LogP contribution is -2.36. The Labute approximate surface area is 141 Å². The summed E-state index contributed by atoms with van der Waals surface area (Å²) in [7, 11) is 0. The molecule has 3 rings (SSSR count). The molecule has 0 unspecified atom stereocenters. The number of rotatable bonds is 7. The molecule has 2 aromatic rings. The van der Waals surface area contributed by atoms with Crippen LogP contribution in [0, 0.1) is 12.8 Å². The van der Waals surface area contributed by atoms with Crippen molar-refractivity contribution in [1.82, 2.24) is 20.5 Å². The Morgan fingerprint density at radius 1 is 1.08 bits per heavy atom. The maximum Gasteiger partial charge on any atom is 0.223 e. The molecular weight excluding hydrogens is 304 g/mol. The van der Waals surface area contributed by atoms with Crippen LogP contribution in [0.5, 0.6) is 0 Å². The van der Waals surface area contributed by atoms with Crippen molar-refractivity contribution in [2.75, 3.05) is 23.7 Å².